The van der Waals surface area contributed by atoms with Gasteiger partial charge in [-0.3, -0.25) is 0 Å². The molecule has 0 radical (unpaired) electrons. The maximum atomic E-state index is 12.3. The van der Waals surface area contributed by atoms with Crippen molar-refractivity contribution in [1.82, 2.24) is 4.72 Å². The normalized spacial score (nSPS) is 17.2. The minimum Gasteiger partial charge on any atom is -0.495 e. The van der Waals surface area contributed by atoms with Crippen LogP contribution >= 0.6 is 0 Å². The van der Waals surface area contributed by atoms with Gasteiger partial charge in [-0.2, -0.15) is 0 Å². The molecule has 7 heteroatoms. The molecule has 1 fully saturated rings. The van der Waals surface area contributed by atoms with Gasteiger partial charge in [-0.25, -0.2) is 13.1 Å². The average Bonchev–Trinajstić information content (AvgIpc) is 3.11. The highest BCUT2D eigenvalue weighted by Gasteiger charge is 2.46. The number of anilines is 1. The molecule has 6 nitrogen and oxygen atoms in total. The zero-order valence-corrected chi connectivity index (χ0v) is 11.8. The van der Waals surface area contributed by atoms with E-state index in [0.29, 0.717) is 18.5 Å². The van der Waals surface area contributed by atoms with Gasteiger partial charge in [-0.05, 0) is 37.5 Å². The van der Waals surface area contributed by atoms with Crippen molar-refractivity contribution in [2.24, 2.45) is 0 Å². The molecule has 19 heavy (non-hydrogen) atoms. The molecule has 0 amide bonds. The molecule has 1 aliphatic carbocycles. The molecule has 0 aromatic heterocycles. The van der Waals surface area contributed by atoms with Crippen molar-refractivity contribution < 1.29 is 18.3 Å². The quantitative estimate of drug-likeness (QED) is 0.680. The third-order valence-corrected chi connectivity index (χ3v) is 4.95. The van der Waals surface area contributed by atoms with Gasteiger partial charge < -0.3 is 15.6 Å². The van der Waals surface area contributed by atoms with Crippen molar-refractivity contribution in [2.75, 3.05) is 19.5 Å². The van der Waals surface area contributed by atoms with Crippen LogP contribution in [0, 0.1) is 6.92 Å². The Morgan fingerprint density at radius 3 is 2.58 bits per heavy atom. The number of sulfonamides is 1. The van der Waals surface area contributed by atoms with E-state index < -0.39 is 15.6 Å². The van der Waals surface area contributed by atoms with Gasteiger partial charge in [0.15, 0.2) is 0 Å². The summed E-state index contributed by atoms with van der Waals surface area (Å²) in [4.78, 5) is -0.00201. The SMILES string of the molecule is COc1cc(C)c(N)cc1S(=O)(=O)NC1(CO)CC1. The highest BCUT2D eigenvalue weighted by atomic mass is 32.2. The summed E-state index contributed by atoms with van der Waals surface area (Å²) in [5.41, 5.74) is 6.17. The fourth-order valence-corrected chi connectivity index (χ4v) is 3.47. The highest BCUT2D eigenvalue weighted by Crippen LogP contribution is 2.38. The van der Waals surface area contributed by atoms with E-state index in [2.05, 4.69) is 4.72 Å². The van der Waals surface area contributed by atoms with Gasteiger partial charge in [0.05, 0.1) is 19.3 Å². The number of hydrogen-bond acceptors (Lipinski definition) is 5. The lowest BCUT2D eigenvalue weighted by atomic mass is 10.2. The predicted octanol–water partition coefficient (Wildman–Crippen LogP) is 0.389. The molecule has 0 atom stereocenters. The van der Waals surface area contributed by atoms with Crippen LogP contribution in [0.25, 0.3) is 0 Å². The van der Waals surface area contributed by atoms with Crippen molar-refractivity contribution in [1.29, 1.82) is 0 Å². The van der Waals surface area contributed by atoms with Crippen LogP contribution in [-0.2, 0) is 10.0 Å². The van der Waals surface area contributed by atoms with E-state index in [-0.39, 0.29) is 17.3 Å². The maximum Gasteiger partial charge on any atom is 0.244 e. The second-order valence-corrected chi connectivity index (χ2v) is 6.55. The number of aliphatic hydroxyl groups is 1. The Kier molecular flexibility index (Phi) is 3.46. The van der Waals surface area contributed by atoms with Gasteiger partial charge in [-0.1, -0.05) is 0 Å². The van der Waals surface area contributed by atoms with Gasteiger partial charge >= 0.3 is 0 Å². The summed E-state index contributed by atoms with van der Waals surface area (Å²) in [5.74, 6) is 0.243. The zero-order valence-electron chi connectivity index (χ0n) is 10.9. The Bertz CT molecular complexity index is 594. The number of rotatable bonds is 5. The lowest BCUT2D eigenvalue weighted by molar-refractivity contribution is 0.246. The van der Waals surface area contributed by atoms with E-state index in [1.165, 1.54) is 13.2 Å². The van der Waals surface area contributed by atoms with Gasteiger partial charge in [0, 0.05) is 5.69 Å². The number of benzene rings is 1. The minimum atomic E-state index is -3.76. The first-order valence-electron chi connectivity index (χ1n) is 5.92. The van der Waals surface area contributed by atoms with E-state index in [1.54, 1.807) is 13.0 Å². The first-order chi connectivity index (χ1) is 8.83. The van der Waals surface area contributed by atoms with Gasteiger partial charge in [0.2, 0.25) is 10.0 Å². The number of hydrogen-bond donors (Lipinski definition) is 3. The van der Waals surface area contributed by atoms with Crippen LogP contribution in [0.5, 0.6) is 5.75 Å². The van der Waals surface area contributed by atoms with Gasteiger partial charge in [0.25, 0.3) is 0 Å². The molecule has 1 saturated carbocycles. The molecule has 1 aromatic carbocycles. The Morgan fingerprint density at radius 2 is 2.11 bits per heavy atom. The van der Waals surface area contributed by atoms with Crippen molar-refractivity contribution in [3.8, 4) is 5.75 Å². The lowest BCUT2D eigenvalue weighted by Crippen LogP contribution is -2.39. The van der Waals surface area contributed by atoms with Gasteiger partial charge in [0.1, 0.15) is 10.6 Å². The van der Waals surface area contributed by atoms with E-state index >= 15 is 0 Å². The Morgan fingerprint density at radius 1 is 1.47 bits per heavy atom. The molecule has 4 N–H and O–H groups in total. The molecule has 0 spiro atoms. The first-order valence-corrected chi connectivity index (χ1v) is 7.41. The molecule has 0 saturated heterocycles. The summed E-state index contributed by atoms with van der Waals surface area (Å²) < 4.78 is 32.3. The fraction of sp³-hybridized carbons (Fsp3) is 0.500. The fourth-order valence-electron chi connectivity index (χ4n) is 1.83. The minimum absolute atomic E-state index is 0.00201. The predicted molar refractivity (Wildman–Crippen MR) is 71.5 cm³/mol. The Balaban J connectivity index is 2.42. The van der Waals surface area contributed by atoms with E-state index in [4.69, 9.17) is 10.5 Å². The number of nitrogens with one attached hydrogen (secondary N) is 1. The van der Waals surface area contributed by atoms with Crippen molar-refractivity contribution in [2.45, 2.75) is 30.2 Å². The molecule has 106 valence electrons. The monoisotopic (exact) mass is 286 g/mol. The molecule has 0 unspecified atom stereocenters. The smallest absolute Gasteiger partial charge is 0.244 e. The number of nitrogens with two attached hydrogens (primary N) is 1. The summed E-state index contributed by atoms with van der Waals surface area (Å²) in [7, 11) is -2.36. The van der Waals surface area contributed by atoms with Crippen LogP contribution in [0.4, 0.5) is 5.69 Å². The largest absolute Gasteiger partial charge is 0.495 e. The topological polar surface area (TPSA) is 102 Å². The van der Waals surface area contributed by atoms with Crippen LogP contribution in [-0.4, -0.2) is 32.8 Å². The average molecular weight is 286 g/mol. The standard InChI is InChI=1S/C12H18N2O4S/c1-8-5-10(18-2)11(6-9(8)13)19(16,17)14-12(7-15)3-4-12/h5-6,14-15H,3-4,7,13H2,1-2H3. The molecule has 1 aliphatic rings. The van der Waals surface area contributed by atoms with Crippen molar-refractivity contribution in [3.63, 3.8) is 0 Å². The second kappa shape index (κ2) is 4.66. The molecule has 1 aromatic rings. The maximum absolute atomic E-state index is 12.3. The van der Waals surface area contributed by atoms with Crippen molar-refractivity contribution in [3.05, 3.63) is 17.7 Å². The van der Waals surface area contributed by atoms with Crippen LogP contribution in [0.2, 0.25) is 0 Å². The molecule has 2 rings (SSSR count). The third kappa shape index (κ3) is 2.68. The van der Waals surface area contributed by atoms with Gasteiger partial charge in [-0.15, -0.1) is 0 Å². The highest BCUT2D eigenvalue weighted by molar-refractivity contribution is 7.89. The lowest BCUT2D eigenvalue weighted by Gasteiger charge is -2.17. The Hall–Kier alpha value is -1.31. The van der Waals surface area contributed by atoms with E-state index in [1.807, 2.05) is 0 Å². The zero-order chi connectivity index (χ0) is 14.3. The molecular weight excluding hydrogens is 268 g/mol. The van der Waals surface area contributed by atoms with Crippen LogP contribution in [0.1, 0.15) is 18.4 Å². The summed E-state index contributed by atoms with van der Waals surface area (Å²) >= 11 is 0. The van der Waals surface area contributed by atoms with Crippen LogP contribution in [0.3, 0.4) is 0 Å². The number of methoxy groups -OCH3 is 1. The molecule has 0 bridgehead atoms. The second-order valence-electron chi connectivity index (χ2n) is 4.90. The number of aliphatic hydroxyl groups excluding tert-OH is 1. The summed E-state index contributed by atoms with van der Waals surface area (Å²) in [6.45, 7) is 1.56. The summed E-state index contributed by atoms with van der Waals surface area (Å²) in [6.07, 6.45) is 1.26. The van der Waals surface area contributed by atoms with Crippen LogP contribution in [0.15, 0.2) is 17.0 Å². The van der Waals surface area contributed by atoms with Crippen molar-refractivity contribution >= 4 is 15.7 Å². The van der Waals surface area contributed by atoms with E-state index in [9.17, 15) is 13.5 Å². The summed E-state index contributed by atoms with van der Waals surface area (Å²) in [6, 6.07) is 2.96. The number of nitrogen functional groups attached to an aromatic ring is 1. The first kappa shape index (κ1) is 14.1. The summed E-state index contributed by atoms with van der Waals surface area (Å²) in [5, 5.41) is 9.21. The number of ether oxygens (including phenoxy) is 1. The Labute approximate surface area is 112 Å². The molecule has 0 heterocycles. The third-order valence-electron chi connectivity index (χ3n) is 3.35. The number of aryl methyl sites for hydroxylation is 1. The molecule has 0 aliphatic heterocycles. The van der Waals surface area contributed by atoms with Crippen LogP contribution < -0.4 is 15.2 Å². The van der Waals surface area contributed by atoms with E-state index in [0.717, 1.165) is 5.56 Å². The molecular formula is C12H18N2O4S.